The topological polar surface area (TPSA) is 58.6 Å². The molecule has 1 aromatic rings. The SMILES string of the molecule is CC(=O)N1CCC(C(=O)Nc2ccc(OCC(F)(F)F)cc2)CC1. The molecule has 0 spiro atoms. The molecular weight excluding hydrogens is 325 g/mol. The zero-order chi connectivity index (χ0) is 17.7. The quantitative estimate of drug-likeness (QED) is 0.914. The smallest absolute Gasteiger partial charge is 0.422 e. The lowest BCUT2D eigenvalue weighted by atomic mass is 9.96. The van der Waals surface area contributed by atoms with E-state index < -0.39 is 12.8 Å². The van der Waals surface area contributed by atoms with Gasteiger partial charge in [0, 0.05) is 31.6 Å². The summed E-state index contributed by atoms with van der Waals surface area (Å²) in [7, 11) is 0. The molecule has 2 amide bonds. The molecule has 1 aliphatic heterocycles. The number of piperidine rings is 1. The number of benzene rings is 1. The number of rotatable bonds is 4. The predicted molar refractivity (Wildman–Crippen MR) is 81.6 cm³/mol. The Bertz CT molecular complexity index is 579. The van der Waals surface area contributed by atoms with E-state index in [4.69, 9.17) is 0 Å². The minimum atomic E-state index is -4.39. The van der Waals surface area contributed by atoms with Crippen LogP contribution in [0.2, 0.25) is 0 Å². The number of ether oxygens (including phenoxy) is 1. The number of amides is 2. The fourth-order valence-electron chi connectivity index (χ4n) is 2.50. The largest absolute Gasteiger partial charge is 0.484 e. The molecule has 1 aromatic carbocycles. The van der Waals surface area contributed by atoms with Crippen molar-refractivity contribution in [3.8, 4) is 5.75 Å². The summed E-state index contributed by atoms with van der Waals surface area (Å²) in [4.78, 5) is 25.2. The number of alkyl halides is 3. The third-order valence-electron chi connectivity index (χ3n) is 3.84. The lowest BCUT2D eigenvalue weighted by Gasteiger charge is -2.30. The summed E-state index contributed by atoms with van der Waals surface area (Å²) in [6, 6.07) is 5.74. The van der Waals surface area contributed by atoms with Gasteiger partial charge in [-0.05, 0) is 37.1 Å². The maximum Gasteiger partial charge on any atom is 0.422 e. The van der Waals surface area contributed by atoms with Crippen molar-refractivity contribution in [2.45, 2.75) is 25.9 Å². The second-order valence-corrected chi connectivity index (χ2v) is 5.70. The highest BCUT2D eigenvalue weighted by Crippen LogP contribution is 2.22. The van der Waals surface area contributed by atoms with Gasteiger partial charge in [0.2, 0.25) is 11.8 Å². The molecule has 5 nitrogen and oxygen atoms in total. The van der Waals surface area contributed by atoms with Crippen LogP contribution >= 0.6 is 0 Å². The van der Waals surface area contributed by atoms with Crippen LogP contribution in [0, 0.1) is 5.92 Å². The molecule has 1 N–H and O–H groups in total. The van der Waals surface area contributed by atoms with Gasteiger partial charge in [0.15, 0.2) is 6.61 Å². The molecule has 1 saturated heterocycles. The van der Waals surface area contributed by atoms with Crippen LogP contribution in [0.25, 0.3) is 0 Å². The molecule has 0 bridgehead atoms. The Morgan fingerprint density at radius 3 is 2.29 bits per heavy atom. The Hall–Kier alpha value is -2.25. The van der Waals surface area contributed by atoms with Crippen LogP contribution in [0.5, 0.6) is 5.75 Å². The molecule has 1 aliphatic rings. The fourth-order valence-corrected chi connectivity index (χ4v) is 2.50. The Morgan fingerprint density at radius 1 is 1.21 bits per heavy atom. The Morgan fingerprint density at radius 2 is 1.79 bits per heavy atom. The molecule has 2 rings (SSSR count). The van der Waals surface area contributed by atoms with Gasteiger partial charge in [0.25, 0.3) is 0 Å². The highest BCUT2D eigenvalue weighted by Gasteiger charge is 2.28. The molecule has 0 radical (unpaired) electrons. The van der Waals surface area contributed by atoms with E-state index in [9.17, 15) is 22.8 Å². The number of nitrogens with one attached hydrogen (secondary N) is 1. The molecule has 0 unspecified atom stereocenters. The summed E-state index contributed by atoms with van der Waals surface area (Å²) in [5, 5.41) is 2.74. The van der Waals surface area contributed by atoms with Gasteiger partial charge in [-0.15, -0.1) is 0 Å². The van der Waals surface area contributed by atoms with Crippen LogP contribution in [0.15, 0.2) is 24.3 Å². The zero-order valence-electron chi connectivity index (χ0n) is 13.2. The first-order valence-electron chi connectivity index (χ1n) is 7.60. The van der Waals surface area contributed by atoms with Gasteiger partial charge in [-0.2, -0.15) is 13.2 Å². The number of hydrogen-bond acceptors (Lipinski definition) is 3. The van der Waals surface area contributed by atoms with Crippen molar-refractivity contribution < 1.29 is 27.5 Å². The molecule has 0 aliphatic carbocycles. The maximum atomic E-state index is 12.2. The van der Waals surface area contributed by atoms with Gasteiger partial charge in [0.1, 0.15) is 5.75 Å². The number of hydrogen-bond donors (Lipinski definition) is 1. The molecule has 8 heteroatoms. The standard InChI is InChI=1S/C16H19F3N2O3/c1-11(22)21-8-6-12(7-9-21)15(23)20-13-2-4-14(5-3-13)24-10-16(17,18)19/h2-5,12H,6-10H2,1H3,(H,20,23). The summed E-state index contributed by atoms with van der Waals surface area (Å²) in [5.74, 6) is -0.243. The third-order valence-corrected chi connectivity index (χ3v) is 3.84. The highest BCUT2D eigenvalue weighted by atomic mass is 19.4. The van der Waals surface area contributed by atoms with E-state index in [2.05, 4.69) is 10.1 Å². The summed E-state index contributed by atoms with van der Waals surface area (Å²) < 4.78 is 40.8. The lowest BCUT2D eigenvalue weighted by molar-refractivity contribution is -0.153. The van der Waals surface area contributed by atoms with Crippen molar-refractivity contribution in [3.63, 3.8) is 0 Å². The molecule has 1 fully saturated rings. The Labute approximate surface area is 137 Å². The average Bonchev–Trinajstić information content (AvgIpc) is 2.53. The second-order valence-electron chi connectivity index (χ2n) is 5.70. The number of halogens is 3. The van der Waals surface area contributed by atoms with Gasteiger partial charge in [-0.1, -0.05) is 0 Å². The average molecular weight is 344 g/mol. The van der Waals surface area contributed by atoms with Crippen LogP contribution in [0.3, 0.4) is 0 Å². The summed E-state index contributed by atoms with van der Waals surface area (Å²) in [6.45, 7) is 1.26. The first-order chi connectivity index (χ1) is 11.2. The molecule has 0 saturated carbocycles. The van der Waals surface area contributed by atoms with Crippen LogP contribution < -0.4 is 10.1 Å². The predicted octanol–water partition coefficient (Wildman–Crippen LogP) is 2.82. The number of likely N-dealkylation sites (tertiary alicyclic amines) is 1. The molecular formula is C16H19F3N2O3. The monoisotopic (exact) mass is 344 g/mol. The van der Waals surface area contributed by atoms with Gasteiger partial charge in [-0.25, -0.2) is 0 Å². The molecule has 0 atom stereocenters. The lowest BCUT2D eigenvalue weighted by Crippen LogP contribution is -2.40. The van der Waals surface area contributed by atoms with Crippen LogP contribution in [-0.4, -0.2) is 42.6 Å². The first-order valence-corrected chi connectivity index (χ1v) is 7.60. The van der Waals surface area contributed by atoms with Crippen molar-refractivity contribution in [1.29, 1.82) is 0 Å². The first kappa shape index (κ1) is 18.1. The van der Waals surface area contributed by atoms with Crippen molar-refractivity contribution in [2.75, 3.05) is 25.0 Å². The minimum absolute atomic E-state index is 0.00306. The number of anilines is 1. The zero-order valence-corrected chi connectivity index (χ0v) is 13.2. The van der Waals surface area contributed by atoms with E-state index in [-0.39, 0.29) is 23.5 Å². The molecule has 0 aromatic heterocycles. The van der Waals surface area contributed by atoms with Crippen molar-refractivity contribution in [2.24, 2.45) is 5.92 Å². The normalized spacial score (nSPS) is 15.9. The number of carbonyl (C=O) groups excluding carboxylic acids is 2. The van der Waals surface area contributed by atoms with E-state index in [1.807, 2.05) is 0 Å². The minimum Gasteiger partial charge on any atom is -0.484 e. The molecule has 24 heavy (non-hydrogen) atoms. The fraction of sp³-hybridized carbons (Fsp3) is 0.500. The second kappa shape index (κ2) is 7.55. The summed E-state index contributed by atoms with van der Waals surface area (Å²) in [5.41, 5.74) is 0.494. The van der Waals surface area contributed by atoms with E-state index in [0.29, 0.717) is 31.6 Å². The Balaban J connectivity index is 1.83. The Kier molecular flexibility index (Phi) is 5.69. The van der Waals surface area contributed by atoms with Gasteiger partial charge >= 0.3 is 6.18 Å². The van der Waals surface area contributed by atoms with Crippen molar-refractivity contribution in [3.05, 3.63) is 24.3 Å². The number of carbonyl (C=O) groups is 2. The van der Waals surface area contributed by atoms with E-state index in [1.54, 1.807) is 4.90 Å². The van der Waals surface area contributed by atoms with Crippen LogP contribution in [-0.2, 0) is 9.59 Å². The van der Waals surface area contributed by atoms with E-state index in [0.717, 1.165) is 0 Å². The summed E-state index contributed by atoms with van der Waals surface area (Å²) in [6.07, 6.45) is -3.20. The van der Waals surface area contributed by atoms with Crippen molar-refractivity contribution in [1.82, 2.24) is 4.90 Å². The van der Waals surface area contributed by atoms with E-state index in [1.165, 1.54) is 31.2 Å². The molecule has 132 valence electrons. The summed E-state index contributed by atoms with van der Waals surface area (Å²) >= 11 is 0. The van der Waals surface area contributed by atoms with Crippen LogP contribution in [0.1, 0.15) is 19.8 Å². The van der Waals surface area contributed by atoms with Crippen molar-refractivity contribution >= 4 is 17.5 Å². The highest BCUT2D eigenvalue weighted by molar-refractivity contribution is 5.92. The van der Waals surface area contributed by atoms with Gasteiger partial charge in [0.05, 0.1) is 0 Å². The third kappa shape index (κ3) is 5.43. The van der Waals surface area contributed by atoms with Gasteiger partial charge in [-0.3, -0.25) is 9.59 Å². The van der Waals surface area contributed by atoms with E-state index >= 15 is 0 Å². The van der Waals surface area contributed by atoms with Gasteiger partial charge < -0.3 is 15.0 Å². The maximum absolute atomic E-state index is 12.2. The number of nitrogens with zero attached hydrogens (tertiary/aromatic N) is 1. The van der Waals surface area contributed by atoms with Crippen LogP contribution in [0.4, 0.5) is 18.9 Å². The molecule has 1 heterocycles.